The van der Waals surface area contributed by atoms with Crippen LogP contribution in [0, 0.1) is 0 Å². The average Bonchev–Trinajstić information content (AvgIpc) is 3.87. The van der Waals surface area contributed by atoms with Crippen molar-refractivity contribution in [3.63, 3.8) is 0 Å². The Balaban J connectivity index is 0.000000984. The second-order valence-corrected chi connectivity index (χ2v) is 18.9. The van der Waals surface area contributed by atoms with E-state index in [-0.39, 0.29) is 51.2 Å². The lowest BCUT2D eigenvalue weighted by Gasteiger charge is -2.11. The van der Waals surface area contributed by atoms with Crippen molar-refractivity contribution in [1.82, 2.24) is 19.6 Å². The zero-order valence-electron chi connectivity index (χ0n) is 36.9. The first-order chi connectivity index (χ1) is 34.6. The maximum Gasteiger partial charge on any atom is 0.534 e. The molecule has 0 spiro atoms. The summed E-state index contributed by atoms with van der Waals surface area (Å²) in [5, 5.41) is 5.64. The number of halogens is 22. The summed E-state index contributed by atoms with van der Waals surface area (Å²) in [6.07, 6.45) is -15.8. The van der Waals surface area contributed by atoms with Gasteiger partial charge in [0, 0.05) is 12.1 Å². The number of hydrogen-bond acceptors (Lipinski definition) is 15. The summed E-state index contributed by atoms with van der Waals surface area (Å²) in [4.78, 5) is 31.9. The van der Waals surface area contributed by atoms with Crippen LogP contribution in [-0.2, 0) is 60.7 Å². The van der Waals surface area contributed by atoms with Crippen molar-refractivity contribution in [3.8, 4) is 17.3 Å². The lowest BCUT2D eigenvalue weighted by Crippen LogP contribution is -2.34. The number of rotatable bonds is 10. The van der Waals surface area contributed by atoms with E-state index in [1.165, 1.54) is 37.3 Å². The number of hydrogen-bond donors (Lipinski definition) is 3. The van der Waals surface area contributed by atoms with Gasteiger partial charge >= 0.3 is 71.4 Å². The number of hydrazine groups is 1. The SMILES string of the molecule is CCOC(=O)CC(=O)C(F)(F)F.Cl.NNc1ccccc1Cl.O=S(=O)(OS(=O)(=O)C(F)(F)F)C(F)(F)F.O=S(=O)(Oc1cc(C(F)(F)F)nn1-c1ccccc1Cl)C(F)(F)F.O=c1cc(C(F)(F)F)[nH]n1-c1ccccc1Cl. The number of ether oxygens (including phenoxy) is 1. The van der Waals surface area contributed by atoms with Crippen LogP contribution < -0.4 is 21.0 Å². The van der Waals surface area contributed by atoms with Crippen LogP contribution in [0.2, 0.25) is 15.1 Å². The third kappa shape index (κ3) is 21.8. The number of carbonyl (C=O) groups is 2. The van der Waals surface area contributed by atoms with Crippen molar-refractivity contribution >= 4 is 95.0 Å². The topological polar surface area (TPSA) is 258 Å². The van der Waals surface area contributed by atoms with E-state index < -0.39 is 106 Å². The molecule has 3 aromatic carbocycles. The Labute approximate surface area is 444 Å². The van der Waals surface area contributed by atoms with E-state index in [1.807, 2.05) is 26.9 Å². The summed E-state index contributed by atoms with van der Waals surface area (Å²) in [5.74, 6) is 0.569. The number of nitrogens with one attached hydrogen (secondary N) is 2. The number of aromatic nitrogens is 4. The largest absolute Gasteiger partial charge is 0.534 e. The number of carbonyl (C=O) groups excluding carboxylic acids is 2. The number of nitrogen functional groups attached to an aromatic ring is 1. The summed E-state index contributed by atoms with van der Waals surface area (Å²) < 4.78 is 288. The highest BCUT2D eigenvalue weighted by molar-refractivity contribution is 8.00. The fourth-order valence-electron chi connectivity index (χ4n) is 4.09. The van der Waals surface area contributed by atoms with Crippen LogP contribution in [0.15, 0.2) is 89.7 Å². The number of nitrogens with two attached hydrogens (primary N) is 1. The molecular formula is C35H26Cl4F18N6O12S3. The number of nitrogens with zero attached hydrogens (tertiary/aromatic N) is 3. The third-order valence-corrected chi connectivity index (χ3v) is 11.8. The summed E-state index contributed by atoms with van der Waals surface area (Å²) >= 11 is 17.2. The zero-order chi connectivity index (χ0) is 60.1. The van der Waals surface area contributed by atoms with Crippen LogP contribution >= 0.6 is 47.2 Å². The molecule has 5 rings (SSSR count). The molecule has 5 aromatic rings. The van der Waals surface area contributed by atoms with Gasteiger partial charge in [0.2, 0.25) is 11.7 Å². The summed E-state index contributed by atoms with van der Waals surface area (Å²) in [5.41, 5.74) is -18.8. The van der Waals surface area contributed by atoms with E-state index in [0.717, 1.165) is 16.4 Å². The van der Waals surface area contributed by atoms with Crippen LogP contribution in [0.4, 0.5) is 84.7 Å². The molecule has 0 aliphatic carbocycles. The van der Waals surface area contributed by atoms with E-state index in [1.54, 1.807) is 18.2 Å². The first-order valence-corrected chi connectivity index (χ1v) is 23.9. The minimum Gasteiger partial charge on any atom is -0.466 e. The molecule has 0 aliphatic heterocycles. The number of esters is 1. The van der Waals surface area contributed by atoms with Gasteiger partial charge in [-0.3, -0.25) is 25.3 Å². The molecule has 0 saturated heterocycles. The first kappa shape index (κ1) is 72.3. The van der Waals surface area contributed by atoms with E-state index in [9.17, 15) is 119 Å². The molecular weight excluding hydrogens is 1280 g/mol. The molecule has 0 amide bonds. The molecule has 0 unspecified atom stereocenters. The third-order valence-electron chi connectivity index (χ3n) is 7.35. The molecule has 0 fully saturated rings. The minimum atomic E-state index is -6.85. The molecule has 43 heteroatoms. The van der Waals surface area contributed by atoms with Gasteiger partial charge in [0.25, 0.3) is 5.56 Å². The standard InChI is InChI=1S/C11H5ClF6N2O3S.C10H6ClF3N2O.C6H7ClN2.C6H7F3O3.C2F6O5S2.ClH/c12-6-3-1-2-4-7(6)20-9(5-8(19-20)10(13,14)15)23-24(21,22)11(16,17)18;11-6-3-1-2-4-7(6)16-9(17)5-8(15-16)10(12,13)14;7-5-3-1-2-4-6(5)9-8;1-2-12-5(11)3-4(10)6(7,8)9;3-1(4,5)14(9,10)13-15(11,12)2(6,7)8;/h1-5H;1-5,15H;1-4,9H,8H2;2-3H2,1H3;;1H. The predicted molar refractivity (Wildman–Crippen MR) is 235 cm³/mol. The quantitative estimate of drug-likeness (QED) is 0.0223. The summed E-state index contributed by atoms with van der Waals surface area (Å²) in [6.45, 7) is 1.40. The lowest BCUT2D eigenvalue weighted by atomic mass is 10.3. The van der Waals surface area contributed by atoms with Crippen molar-refractivity contribution in [2.75, 3.05) is 12.0 Å². The Kier molecular flexibility index (Phi) is 25.9. The zero-order valence-corrected chi connectivity index (χ0v) is 42.4. The molecule has 440 valence electrons. The van der Waals surface area contributed by atoms with Gasteiger partial charge in [0.15, 0.2) is 5.69 Å². The second-order valence-electron chi connectivity index (χ2n) is 12.9. The highest BCUT2D eigenvalue weighted by atomic mass is 35.5. The Morgan fingerprint density at radius 1 is 0.641 bits per heavy atom. The number of benzene rings is 3. The number of H-pyrrole nitrogens is 1. The monoisotopic (exact) mass is 1300 g/mol. The van der Waals surface area contributed by atoms with E-state index in [2.05, 4.69) is 19.4 Å². The molecule has 0 aliphatic rings. The van der Waals surface area contributed by atoms with Crippen LogP contribution in [0.25, 0.3) is 11.4 Å². The molecule has 2 heterocycles. The Morgan fingerprint density at radius 2 is 1.06 bits per heavy atom. The maximum atomic E-state index is 12.7. The Bertz CT molecular complexity index is 3180. The molecule has 18 nitrogen and oxygen atoms in total. The Hall–Kier alpha value is -5.71. The fourth-order valence-corrected chi connectivity index (χ4v) is 6.71. The highest BCUT2D eigenvalue weighted by Gasteiger charge is 2.57. The average molecular weight is 1300 g/mol. The summed E-state index contributed by atoms with van der Waals surface area (Å²) in [7, 11) is -19.9. The van der Waals surface area contributed by atoms with Crippen LogP contribution in [0.1, 0.15) is 24.7 Å². The number of Topliss-reactive ketones (excluding diaryl/α,β-unsaturated/α-hetero) is 1. The van der Waals surface area contributed by atoms with Gasteiger partial charge in [0.05, 0.1) is 38.7 Å². The Morgan fingerprint density at radius 3 is 1.41 bits per heavy atom. The lowest BCUT2D eigenvalue weighted by molar-refractivity contribution is -0.174. The van der Waals surface area contributed by atoms with Gasteiger partial charge < -0.3 is 14.3 Å². The molecule has 0 atom stereocenters. The molecule has 0 saturated carbocycles. The van der Waals surface area contributed by atoms with Crippen LogP contribution in [-0.4, -0.2) is 85.9 Å². The number of aromatic amines is 1. The van der Waals surface area contributed by atoms with Crippen molar-refractivity contribution in [1.29, 1.82) is 0 Å². The van der Waals surface area contributed by atoms with Gasteiger partial charge in [-0.15, -0.1) is 16.0 Å². The van der Waals surface area contributed by atoms with E-state index >= 15 is 0 Å². The van der Waals surface area contributed by atoms with Gasteiger partial charge in [-0.05, 0) is 43.3 Å². The number of alkyl halides is 18. The molecule has 78 heavy (non-hydrogen) atoms. The van der Waals surface area contributed by atoms with Gasteiger partial charge in [-0.1, -0.05) is 71.2 Å². The van der Waals surface area contributed by atoms with Gasteiger partial charge in [-0.25, -0.2) is 4.68 Å². The fraction of sp³-hybridized carbons (Fsp3) is 0.257. The van der Waals surface area contributed by atoms with Crippen molar-refractivity contribution < 1.29 is 126 Å². The highest BCUT2D eigenvalue weighted by Crippen LogP contribution is 2.37. The summed E-state index contributed by atoms with van der Waals surface area (Å²) in [6, 6.07) is 18.9. The van der Waals surface area contributed by atoms with E-state index in [0.29, 0.717) is 11.1 Å². The van der Waals surface area contributed by atoms with Crippen molar-refractivity contribution in [2.45, 2.75) is 48.4 Å². The van der Waals surface area contributed by atoms with Crippen molar-refractivity contribution in [3.05, 3.63) is 122 Å². The minimum absolute atomic E-state index is 0. The van der Waals surface area contributed by atoms with Gasteiger partial charge in [0.1, 0.15) is 12.1 Å². The van der Waals surface area contributed by atoms with Crippen molar-refractivity contribution in [2.24, 2.45) is 5.84 Å². The second kappa shape index (κ2) is 27.9. The number of ketones is 1. The smallest absolute Gasteiger partial charge is 0.466 e. The molecule has 0 radical (unpaired) electrons. The first-order valence-electron chi connectivity index (χ1n) is 18.5. The molecule has 0 bridgehead atoms. The predicted octanol–water partition coefficient (Wildman–Crippen LogP) is 10.4. The van der Waals surface area contributed by atoms with E-state index in [4.69, 9.17) is 40.6 Å². The van der Waals surface area contributed by atoms with Crippen LogP contribution in [0.3, 0.4) is 0 Å². The maximum absolute atomic E-state index is 12.7. The van der Waals surface area contributed by atoms with Crippen LogP contribution in [0.5, 0.6) is 5.88 Å². The van der Waals surface area contributed by atoms with Gasteiger partial charge in [-0.2, -0.15) is 114 Å². The number of anilines is 1. The number of para-hydroxylation sites is 3. The normalized spacial score (nSPS) is 12.3. The molecule has 4 N–H and O–H groups in total. The molecule has 2 aromatic heterocycles.